The summed E-state index contributed by atoms with van der Waals surface area (Å²) in [5.41, 5.74) is 7.54. The highest BCUT2D eigenvalue weighted by Gasteiger charge is 2.05. The van der Waals surface area contributed by atoms with Gasteiger partial charge in [0.1, 0.15) is 5.75 Å². The minimum atomic E-state index is 0.602. The molecule has 0 saturated carbocycles. The Hall–Kier alpha value is -1.52. The first kappa shape index (κ1) is 12.9. The molecular formula is C13H16ClN3O. The number of rotatable bonds is 5. The Morgan fingerprint density at radius 2 is 2.22 bits per heavy atom. The van der Waals surface area contributed by atoms with Gasteiger partial charge < -0.3 is 10.5 Å². The lowest BCUT2D eigenvalue weighted by Gasteiger charge is -2.04. The minimum Gasteiger partial charge on any atom is -0.495 e. The van der Waals surface area contributed by atoms with Gasteiger partial charge in [-0.2, -0.15) is 5.10 Å². The second-order valence-electron chi connectivity index (χ2n) is 3.98. The third kappa shape index (κ3) is 2.83. The van der Waals surface area contributed by atoms with Gasteiger partial charge in [0, 0.05) is 18.3 Å². The molecule has 0 amide bonds. The summed E-state index contributed by atoms with van der Waals surface area (Å²) in [4.78, 5) is 0. The standard InChI is InChI=1S/C13H16ClN3O/c1-18-13-4-3-10(7-12(13)14)11-8-16-17(9-11)6-2-5-15/h3-4,7-9H,2,5-6,15H2,1H3. The fourth-order valence-electron chi connectivity index (χ4n) is 1.73. The molecule has 0 bridgehead atoms. The average Bonchev–Trinajstić information content (AvgIpc) is 2.85. The summed E-state index contributed by atoms with van der Waals surface area (Å²) in [6.45, 7) is 1.50. The number of halogens is 1. The van der Waals surface area contributed by atoms with E-state index < -0.39 is 0 Å². The first-order valence-corrected chi connectivity index (χ1v) is 6.19. The molecule has 0 saturated heterocycles. The second kappa shape index (κ2) is 5.89. The highest BCUT2D eigenvalue weighted by molar-refractivity contribution is 6.32. The van der Waals surface area contributed by atoms with Crippen molar-refractivity contribution in [2.45, 2.75) is 13.0 Å². The van der Waals surface area contributed by atoms with Gasteiger partial charge in [-0.05, 0) is 30.7 Å². The molecular weight excluding hydrogens is 250 g/mol. The Morgan fingerprint density at radius 3 is 2.89 bits per heavy atom. The van der Waals surface area contributed by atoms with Crippen molar-refractivity contribution in [1.82, 2.24) is 9.78 Å². The molecule has 0 aliphatic heterocycles. The SMILES string of the molecule is COc1ccc(-c2cnn(CCCN)c2)cc1Cl. The van der Waals surface area contributed by atoms with Crippen molar-refractivity contribution in [3.05, 3.63) is 35.6 Å². The summed E-state index contributed by atoms with van der Waals surface area (Å²) < 4.78 is 7.02. The minimum absolute atomic E-state index is 0.602. The summed E-state index contributed by atoms with van der Waals surface area (Å²) in [7, 11) is 1.60. The number of ether oxygens (including phenoxy) is 1. The zero-order valence-corrected chi connectivity index (χ0v) is 11.0. The van der Waals surface area contributed by atoms with Crippen LogP contribution >= 0.6 is 11.6 Å². The van der Waals surface area contributed by atoms with Crippen molar-refractivity contribution in [2.24, 2.45) is 5.73 Å². The average molecular weight is 266 g/mol. The molecule has 0 atom stereocenters. The van der Waals surface area contributed by atoms with Gasteiger partial charge in [0.05, 0.1) is 18.3 Å². The van der Waals surface area contributed by atoms with Crippen LogP contribution in [-0.2, 0) is 6.54 Å². The first-order valence-electron chi connectivity index (χ1n) is 5.81. The van der Waals surface area contributed by atoms with Crippen LogP contribution in [0.5, 0.6) is 5.75 Å². The maximum absolute atomic E-state index is 6.10. The normalized spacial score (nSPS) is 10.6. The van der Waals surface area contributed by atoms with Gasteiger partial charge in [-0.1, -0.05) is 17.7 Å². The van der Waals surface area contributed by atoms with Gasteiger partial charge >= 0.3 is 0 Å². The van der Waals surface area contributed by atoms with E-state index in [2.05, 4.69) is 5.10 Å². The summed E-state index contributed by atoms with van der Waals surface area (Å²) >= 11 is 6.10. The molecule has 1 aromatic heterocycles. The van der Waals surface area contributed by atoms with Crippen LogP contribution in [0, 0.1) is 0 Å². The van der Waals surface area contributed by atoms with Gasteiger partial charge in [0.2, 0.25) is 0 Å². The number of hydrogen-bond donors (Lipinski definition) is 1. The van der Waals surface area contributed by atoms with Crippen molar-refractivity contribution in [1.29, 1.82) is 0 Å². The van der Waals surface area contributed by atoms with E-state index in [4.69, 9.17) is 22.1 Å². The van der Waals surface area contributed by atoms with Gasteiger partial charge in [0.15, 0.2) is 0 Å². The number of benzene rings is 1. The number of hydrogen-bond acceptors (Lipinski definition) is 3. The molecule has 0 aliphatic rings. The van der Waals surface area contributed by atoms with E-state index in [1.54, 1.807) is 7.11 Å². The van der Waals surface area contributed by atoms with Crippen LogP contribution in [0.25, 0.3) is 11.1 Å². The molecule has 0 unspecified atom stereocenters. The van der Waals surface area contributed by atoms with E-state index in [0.29, 0.717) is 17.3 Å². The van der Waals surface area contributed by atoms with Crippen molar-refractivity contribution >= 4 is 11.6 Å². The van der Waals surface area contributed by atoms with Crippen molar-refractivity contribution in [3.8, 4) is 16.9 Å². The van der Waals surface area contributed by atoms with Crippen molar-refractivity contribution < 1.29 is 4.74 Å². The van der Waals surface area contributed by atoms with Gasteiger partial charge in [-0.25, -0.2) is 0 Å². The van der Waals surface area contributed by atoms with Crippen LogP contribution in [0.1, 0.15) is 6.42 Å². The fourth-order valence-corrected chi connectivity index (χ4v) is 1.99. The lowest BCUT2D eigenvalue weighted by atomic mass is 10.1. The highest BCUT2D eigenvalue weighted by atomic mass is 35.5. The number of methoxy groups -OCH3 is 1. The molecule has 4 nitrogen and oxygen atoms in total. The molecule has 2 N–H and O–H groups in total. The number of nitrogens with two attached hydrogens (primary N) is 1. The van der Waals surface area contributed by atoms with Crippen LogP contribution in [0.4, 0.5) is 0 Å². The summed E-state index contributed by atoms with van der Waals surface area (Å²) in [5, 5.41) is 4.89. The summed E-state index contributed by atoms with van der Waals surface area (Å²) in [6.07, 6.45) is 4.74. The molecule has 1 aromatic carbocycles. The van der Waals surface area contributed by atoms with Crippen LogP contribution in [0.15, 0.2) is 30.6 Å². The van der Waals surface area contributed by atoms with Crippen LogP contribution in [0.3, 0.4) is 0 Å². The van der Waals surface area contributed by atoms with E-state index in [-0.39, 0.29) is 0 Å². The molecule has 0 fully saturated rings. The van der Waals surface area contributed by atoms with Crippen LogP contribution in [0.2, 0.25) is 5.02 Å². The smallest absolute Gasteiger partial charge is 0.137 e. The molecule has 1 heterocycles. The Morgan fingerprint density at radius 1 is 1.39 bits per heavy atom. The lowest BCUT2D eigenvalue weighted by molar-refractivity contribution is 0.415. The molecule has 0 spiro atoms. The number of aromatic nitrogens is 2. The third-order valence-electron chi connectivity index (χ3n) is 2.71. The van der Waals surface area contributed by atoms with Gasteiger partial charge in [0.25, 0.3) is 0 Å². The topological polar surface area (TPSA) is 53.1 Å². The van der Waals surface area contributed by atoms with E-state index >= 15 is 0 Å². The molecule has 0 aliphatic carbocycles. The van der Waals surface area contributed by atoms with E-state index in [9.17, 15) is 0 Å². The number of aryl methyl sites for hydroxylation is 1. The van der Waals surface area contributed by atoms with Gasteiger partial charge in [-0.3, -0.25) is 4.68 Å². The maximum Gasteiger partial charge on any atom is 0.137 e. The lowest BCUT2D eigenvalue weighted by Crippen LogP contribution is -2.05. The summed E-state index contributed by atoms with van der Waals surface area (Å²) in [5.74, 6) is 0.677. The predicted molar refractivity (Wildman–Crippen MR) is 72.9 cm³/mol. The second-order valence-corrected chi connectivity index (χ2v) is 4.39. The number of nitrogens with zero attached hydrogens (tertiary/aromatic N) is 2. The Labute approximate surface area is 111 Å². The summed E-state index contributed by atoms with van der Waals surface area (Å²) in [6, 6.07) is 5.70. The third-order valence-corrected chi connectivity index (χ3v) is 3.01. The van der Waals surface area contributed by atoms with Crippen LogP contribution < -0.4 is 10.5 Å². The van der Waals surface area contributed by atoms with Crippen molar-refractivity contribution in [3.63, 3.8) is 0 Å². The monoisotopic (exact) mass is 265 g/mol. The largest absolute Gasteiger partial charge is 0.495 e. The fraction of sp³-hybridized carbons (Fsp3) is 0.308. The Kier molecular flexibility index (Phi) is 4.23. The molecule has 18 heavy (non-hydrogen) atoms. The Balaban J connectivity index is 2.20. The van der Waals surface area contributed by atoms with E-state index in [1.807, 2.05) is 35.3 Å². The zero-order valence-electron chi connectivity index (χ0n) is 10.3. The first-order chi connectivity index (χ1) is 8.74. The zero-order chi connectivity index (χ0) is 13.0. The van der Waals surface area contributed by atoms with Gasteiger partial charge in [-0.15, -0.1) is 0 Å². The maximum atomic E-state index is 6.10. The molecule has 0 radical (unpaired) electrons. The molecule has 96 valence electrons. The Bertz CT molecular complexity index is 525. The molecule has 5 heteroatoms. The molecule has 2 rings (SSSR count). The van der Waals surface area contributed by atoms with Crippen LogP contribution in [-0.4, -0.2) is 23.4 Å². The highest BCUT2D eigenvalue weighted by Crippen LogP contribution is 2.29. The van der Waals surface area contributed by atoms with E-state index in [0.717, 1.165) is 24.1 Å². The predicted octanol–water partition coefficient (Wildman–Crippen LogP) is 2.56. The molecule has 2 aromatic rings. The van der Waals surface area contributed by atoms with Crippen molar-refractivity contribution in [2.75, 3.05) is 13.7 Å². The van der Waals surface area contributed by atoms with E-state index in [1.165, 1.54) is 0 Å². The quantitative estimate of drug-likeness (QED) is 0.904.